The molecule has 1 aromatic heterocycles. The van der Waals surface area contributed by atoms with E-state index in [4.69, 9.17) is 10.1 Å². The monoisotopic (exact) mass is 384 g/mol. The Morgan fingerprint density at radius 2 is 1.76 bits per heavy atom. The normalized spacial score (nSPS) is 20.1. The number of hydrogen-bond acceptors (Lipinski definition) is 4. The lowest BCUT2D eigenvalue weighted by molar-refractivity contribution is -0.118. The van der Waals surface area contributed by atoms with E-state index in [9.17, 15) is 4.79 Å². The number of carbonyl (C=O) groups excluding carboxylic acids is 1. The molecule has 29 heavy (non-hydrogen) atoms. The lowest BCUT2D eigenvalue weighted by Gasteiger charge is -2.38. The summed E-state index contributed by atoms with van der Waals surface area (Å²) in [5.74, 6) is 1.57. The van der Waals surface area contributed by atoms with Crippen molar-refractivity contribution in [1.82, 2.24) is 14.8 Å². The lowest BCUT2D eigenvalue weighted by Crippen LogP contribution is -2.36. The van der Waals surface area contributed by atoms with Gasteiger partial charge in [0.1, 0.15) is 6.04 Å². The van der Waals surface area contributed by atoms with Crippen molar-refractivity contribution in [3.8, 4) is 11.4 Å². The van der Waals surface area contributed by atoms with Crippen molar-refractivity contribution in [3.63, 3.8) is 0 Å². The number of carbonyl (C=O) groups is 1. The van der Waals surface area contributed by atoms with Crippen LogP contribution in [-0.4, -0.2) is 20.5 Å². The van der Waals surface area contributed by atoms with Crippen molar-refractivity contribution in [2.45, 2.75) is 39.7 Å². The molecule has 5 heteroatoms. The Bertz CT molecular complexity index is 1140. The molecule has 2 aromatic carbocycles. The second-order valence-electron chi connectivity index (χ2n) is 8.79. The molecule has 1 unspecified atom stereocenters. The molecule has 0 saturated carbocycles. The number of nitrogens with zero attached hydrogens (tertiary/aromatic N) is 3. The van der Waals surface area contributed by atoms with Gasteiger partial charge in [-0.15, -0.1) is 5.10 Å². The predicted molar refractivity (Wildman–Crippen MR) is 113 cm³/mol. The second kappa shape index (κ2) is 6.41. The molecule has 1 atom stereocenters. The number of nitrogens with one attached hydrogen (secondary N) is 1. The van der Waals surface area contributed by atoms with Crippen LogP contribution in [0.25, 0.3) is 11.4 Å². The summed E-state index contributed by atoms with van der Waals surface area (Å²) >= 11 is 0. The Morgan fingerprint density at radius 3 is 2.52 bits per heavy atom. The molecule has 0 bridgehead atoms. The number of benzene rings is 2. The largest absolute Gasteiger partial charge is 0.328 e. The van der Waals surface area contributed by atoms with Gasteiger partial charge >= 0.3 is 0 Å². The number of Topliss-reactive ketones (excluding diaryl/α,β-unsaturated/α-hetero) is 1. The number of fused-ring (bicyclic) bond motifs is 1. The van der Waals surface area contributed by atoms with Crippen molar-refractivity contribution < 1.29 is 4.79 Å². The van der Waals surface area contributed by atoms with E-state index in [0.717, 1.165) is 34.4 Å². The average molecular weight is 384 g/mol. The first-order chi connectivity index (χ1) is 13.9. The molecule has 0 spiro atoms. The molecule has 5 rings (SSSR count). The fourth-order valence-corrected chi connectivity index (χ4v) is 4.49. The van der Waals surface area contributed by atoms with Crippen LogP contribution >= 0.6 is 0 Å². The quantitative estimate of drug-likeness (QED) is 0.682. The Balaban J connectivity index is 1.70. The van der Waals surface area contributed by atoms with Crippen LogP contribution in [0.15, 0.2) is 65.9 Å². The molecule has 1 N–H and O–H groups in total. The van der Waals surface area contributed by atoms with Crippen molar-refractivity contribution in [2.24, 2.45) is 5.41 Å². The van der Waals surface area contributed by atoms with Gasteiger partial charge < -0.3 is 5.32 Å². The van der Waals surface area contributed by atoms with E-state index in [1.807, 2.05) is 41.1 Å². The van der Waals surface area contributed by atoms with Crippen LogP contribution in [0.5, 0.6) is 0 Å². The summed E-state index contributed by atoms with van der Waals surface area (Å²) < 4.78 is 1.88. The van der Waals surface area contributed by atoms with Gasteiger partial charge in [0, 0.05) is 23.3 Å². The average Bonchev–Trinajstić information content (AvgIpc) is 3.09. The minimum atomic E-state index is -0.253. The van der Waals surface area contributed by atoms with Gasteiger partial charge in [0.05, 0.1) is 0 Å². The van der Waals surface area contributed by atoms with E-state index in [-0.39, 0.29) is 17.2 Å². The molecule has 0 amide bonds. The topological polar surface area (TPSA) is 59.8 Å². The number of aromatic nitrogens is 3. The van der Waals surface area contributed by atoms with E-state index < -0.39 is 0 Å². The van der Waals surface area contributed by atoms with E-state index in [2.05, 4.69) is 44.3 Å². The van der Waals surface area contributed by atoms with Crippen LogP contribution in [0.3, 0.4) is 0 Å². The first kappa shape index (κ1) is 17.9. The van der Waals surface area contributed by atoms with Crippen LogP contribution in [0.4, 0.5) is 5.95 Å². The highest BCUT2D eigenvalue weighted by Crippen LogP contribution is 2.45. The number of hydrogen-bond donors (Lipinski definition) is 1. The minimum absolute atomic E-state index is 0.0643. The first-order valence-electron chi connectivity index (χ1n) is 10.0. The van der Waals surface area contributed by atoms with Crippen molar-refractivity contribution >= 4 is 11.7 Å². The van der Waals surface area contributed by atoms with Crippen LogP contribution in [-0.2, 0) is 4.79 Å². The fourth-order valence-electron chi connectivity index (χ4n) is 4.49. The molecule has 146 valence electrons. The van der Waals surface area contributed by atoms with Crippen molar-refractivity contribution in [2.75, 3.05) is 5.32 Å². The minimum Gasteiger partial charge on any atom is -0.328 e. The SMILES string of the molecule is Cc1ccccc1-c1nc2n(n1)C(c1ccccc1)C1=C(CC(C)(C)CC1=O)N2. The molecule has 5 nitrogen and oxygen atoms in total. The molecule has 0 radical (unpaired) electrons. The maximum absolute atomic E-state index is 13.2. The first-order valence-corrected chi connectivity index (χ1v) is 10.0. The third-order valence-corrected chi connectivity index (χ3v) is 5.83. The number of allylic oxidation sites excluding steroid dienone is 2. The summed E-state index contributed by atoms with van der Waals surface area (Å²) in [6.07, 6.45) is 1.37. The number of anilines is 1. The van der Waals surface area contributed by atoms with Crippen LogP contribution in [0.2, 0.25) is 0 Å². The summed E-state index contributed by atoms with van der Waals surface area (Å²) in [4.78, 5) is 18.0. The van der Waals surface area contributed by atoms with E-state index in [1.165, 1.54) is 0 Å². The van der Waals surface area contributed by atoms with Gasteiger partial charge in [0.15, 0.2) is 11.6 Å². The number of rotatable bonds is 2. The highest BCUT2D eigenvalue weighted by atomic mass is 16.1. The van der Waals surface area contributed by atoms with Crippen LogP contribution in [0.1, 0.15) is 43.9 Å². The molecular formula is C24H24N4O. The second-order valence-corrected chi connectivity index (χ2v) is 8.79. The lowest BCUT2D eigenvalue weighted by atomic mass is 9.73. The maximum Gasteiger partial charge on any atom is 0.226 e. The highest BCUT2D eigenvalue weighted by molar-refractivity contribution is 6.00. The summed E-state index contributed by atoms with van der Waals surface area (Å²) in [7, 11) is 0. The van der Waals surface area contributed by atoms with Crippen LogP contribution in [0, 0.1) is 12.3 Å². The summed E-state index contributed by atoms with van der Waals surface area (Å²) in [6, 6.07) is 18.0. The Kier molecular flexibility index (Phi) is 3.95. The third kappa shape index (κ3) is 2.97. The highest BCUT2D eigenvalue weighted by Gasteiger charge is 2.41. The molecular weight excluding hydrogens is 360 g/mol. The smallest absolute Gasteiger partial charge is 0.226 e. The van der Waals surface area contributed by atoms with E-state index >= 15 is 0 Å². The van der Waals surface area contributed by atoms with Gasteiger partial charge in [0.2, 0.25) is 5.95 Å². The van der Waals surface area contributed by atoms with Gasteiger partial charge in [-0.1, -0.05) is 68.4 Å². The van der Waals surface area contributed by atoms with E-state index in [1.54, 1.807) is 0 Å². The summed E-state index contributed by atoms with van der Waals surface area (Å²) in [5, 5.41) is 8.30. The molecule has 3 aromatic rings. The Hall–Kier alpha value is -3.21. The molecule has 1 aliphatic carbocycles. The summed E-state index contributed by atoms with van der Waals surface area (Å²) in [5.41, 5.74) is 4.93. The zero-order valence-corrected chi connectivity index (χ0v) is 16.9. The standard InChI is InChI=1S/C24H24N4O/c1-15-9-7-8-12-17(15)22-26-23-25-18-13-24(2,3)14-19(29)20(18)21(28(23)27-22)16-10-5-4-6-11-16/h4-12,21H,13-14H2,1-3H3,(H,25,26,27). The molecule has 1 aliphatic heterocycles. The fraction of sp³-hybridized carbons (Fsp3) is 0.292. The molecule has 2 heterocycles. The third-order valence-electron chi connectivity index (χ3n) is 5.83. The molecule has 0 fully saturated rings. The van der Waals surface area contributed by atoms with Gasteiger partial charge in [-0.25, -0.2) is 4.68 Å². The Morgan fingerprint density at radius 1 is 1.03 bits per heavy atom. The zero-order valence-electron chi connectivity index (χ0n) is 16.9. The van der Waals surface area contributed by atoms with Gasteiger partial charge in [-0.2, -0.15) is 4.98 Å². The van der Waals surface area contributed by atoms with Gasteiger partial charge in [-0.05, 0) is 29.9 Å². The molecule has 0 saturated heterocycles. The maximum atomic E-state index is 13.2. The van der Waals surface area contributed by atoms with E-state index in [0.29, 0.717) is 18.2 Å². The van der Waals surface area contributed by atoms with Gasteiger partial charge in [0.25, 0.3) is 0 Å². The number of aryl methyl sites for hydroxylation is 1. The number of ketones is 1. The van der Waals surface area contributed by atoms with Crippen molar-refractivity contribution in [1.29, 1.82) is 0 Å². The zero-order chi connectivity index (χ0) is 20.2. The predicted octanol–water partition coefficient (Wildman–Crippen LogP) is 4.91. The molecule has 2 aliphatic rings. The van der Waals surface area contributed by atoms with Crippen LogP contribution < -0.4 is 5.32 Å². The Labute approximate surface area is 170 Å². The van der Waals surface area contributed by atoms with Crippen molar-refractivity contribution in [3.05, 3.63) is 77.0 Å². The van der Waals surface area contributed by atoms with Gasteiger partial charge in [-0.3, -0.25) is 4.79 Å². The summed E-state index contributed by atoms with van der Waals surface area (Å²) in [6.45, 7) is 6.35.